The van der Waals surface area contributed by atoms with E-state index < -0.39 is 0 Å². The van der Waals surface area contributed by atoms with E-state index in [2.05, 4.69) is 15.0 Å². The summed E-state index contributed by atoms with van der Waals surface area (Å²) in [6.45, 7) is 0. The first-order valence-corrected chi connectivity index (χ1v) is 11.5. The second kappa shape index (κ2) is 8.42. The highest BCUT2D eigenvalue weighted by atomic mass is 35.5. The standard InChI is InChI=1S/C28H20ClN5O/c1-34-14-13-31-27(34)17-4-8-21(9-5-17)32-26(19-6-11-23-18(15-19)3-2-12-30-23)25-22-10-7-20(29)16-24(22)33-28(25)35/h2-16,33,35H,1H3. The van der Waals surface area contributed by atoms with Gasteiger partial charge in [0, 0.05) is 52.6 Å². The zero-order chi connectivity index (χ0) is 23.9. The molecule has 0 amide bonds. The van der Waals surface area contributed by atoms with Crippen LogP contribution in [0.4, 0.5) is 5.69 Å². The molecule has 0 unspecified atom stereocenters. The van der Waals surface area contributed by atoms with Gasteiger partial charge in [-0.25, -0.2) is 9.98 Å². The smallest absolute Gasteiger partial charge is 0.199 e. The number of benzene rings is 3. The van der Waals surface area contributed by atoms with Crippen LogP contribution in [-0.2, 0) is 7.05 Å². The number of nitrogens with zero attached hydrogens (tertiary/aromatic N) is 4. The average Bonchev–Trinajstić information content (AvgIpc) is 3.44. The fraction of sp³-hybridized carbons (Fsp3) is 0.0357. The maximum absolute atomic E-state index is 10.9. The summed E-state index contributed by atoms with van der Waals surface area (Å²) in [5.74, 6) is 0.922. The summed E-state index contributed by atoms with van der Waals surface area (Å²) in [7, 11) is 1.97. The topological polar surface area (TPSA) is 79.1 Å². The Bertz CT molecular complexity index is 1730. The van der Waals surface area contributed by atoms with Gasteiger partial charge in [-0.3, -0.25) is 4.98 Å². The molecule has 35 heavy (non-hydrogen) atoms. The lowest BCUT2D eigenvalue weighted by atomic mass is 9.99. The molecule has 7 heteroatoms. The van der Waals surface area contributed by atoms with E-state index in [4.69, 9.17) is 16.6 Å². The first-order chi connectivity index (χ1) is 17.1. The summed E-state index contributed by atoms with van der Waals surface area (Å²) in [6, 6.07) is 23.3. The van der Waals surface area contributed by atoms with Crippen molar-refractivity contribution in [3.05, 3.63) is 108 Å². The van der Waals surface area contributed by atoms with Crippen molar-refractivity contribution in [1.82, 2.24) is 19.5 Å². The summed E-state index contributed by atoms with van der Waals surface area (Å²) in [5, 5.41) is 13.4. The molecular weight excluding hydrogens is 458 g/mol. The van der Waals surface area contributed by atoms with Crippen molar-refractivity contribution in [2.75, 3.05) is 0 Å². The van der Waals surface area contributed by atoms with Gasteiger partial charge in [-0.1, -0.05) is 29.8 Å². The minimum atomic E-state index is 0.0388. The Kier molecular flexibility index (Phi) is 5.08. The molecule has 6 nitrogen and oxygen atoms in total. The van der Waals surface area contributed by atoms with Gasteiger partial charge in [0.2, 0.25) is 0 Å². The van der Waals surface area contributed by atoms with Gasteiger partial charge < -0.3 is 14.7 Å². The van der Waals surface area contributed by atoms with Crippen LogP contribution in [0.3, 0.4) is 0 Å². The van der Waals surface area contributed by atoms with Crippen LogP contribution < -0.4 is 0 Å². The summed E-state index contributed by atoms with van der Waals surface area (Å²) in [5.41, 5.74) is 5.52. The van der Waals surface area contributed by atoms with Gasteiger partial charge >= 0.3 is 0 Å². The molecule has 6 aromatic rings. The highest BCUT2D eigenvalue weighted by Gasteiger charge is 2.19. The first-order valence-electron chi connectivity index (χ1n) is 11.1. The Morgan fingerprint density at radius 2 is 1.83 bits per heavy atom. The van der Waals surface area contributed by atoms with Crippen LogP contribution in [0.2, 0.25) is 5.02 Å². The number of aryl methyl sites for hydroxylation is 1. The molecular formula is C28H20ClN5O. The van der Waals surface area contributed by atoms with Gasteiger partial charge in [0.05, 0.1) is 28.0 Å². The van der Waals surface area contributed by atoms with Gasteiger partial charge in [0.25, 0.3) is 0 Å². The maximum Gasteiger partial charge on any atom is 0.199 e. The quantitative estimate of drug-likeness (QED) is 0.279. The Balaban J connectivity index is 1.54. The fourth-order valence-corrected chi connectivity index (χ4v) is 4.51. The number of aromatic amines is 1. The van der Waals surface area contributed by atoms with Crippen LogP contribution in [0.15, 0.2) is 96.4 Å². The van der Waals surface area contributed by atoms with Crippen LogP contribution in [-0.4, -0.2) is 30.3 Å². The van der Waals surface area contributed by atoms with Crippen LogP contribution in [0, 0.1) is 0 Å². The molecule has 0 aliphatic heterocycles. The minimum Gasteiger partial charge on any atom is -0.494 e. The summed E-state index contributed by atoms with van der Waals surface area (Å²) in [6.07, 6.45) is 5.47. The van der Waals surface area contributed by atoms with Crippen molar-refractivity contribution in [3.63, 3.8) is 0 Å². The number of nitrogens with one attached hydrogen (secondary N) is 1. The molecule has 0 radical (unpaired) electrons. The average molecular weight is 478 g/mol. The van der Waals surface area contributed by atoms with E-state index >= 15 is 0 Å². The van der Waals surface area contributed by atoms with E-state index in [0.717, 1.165) is 44.4 Å². The number of H-pyrrole nitrogens is 1. The van der Waals surface area contributed by atoms with Crippen LogP contribution in [0.1, 0.15) is 11.1 Å². The monoisotopic (exact) mass is 477 g/mol. The number of fused-ring (bicyclic) bond motifs is 2. The molecule has 0 spiro atoms. The molecule has 3 aromatic heterocycles. The third-order valence-electron chi connectivity index (χ3n) is 6.04. The Hall–Kier alpha value is -4.42. The fourth-order valence-electron chi connectivity index (χ4n) is 4.34. The largest absolute Gasteiger partial charge is 0.494 e. The SMILES string of the molecule is Cn1ccnc1-c1ccc(N=C(c2ccc3ncccc3c2)c2c(O)[nH]c3cc(Cl)ccc23)cc1. The summed E-state index contributed by atoms with van der Waals surface area (Å²) >= 11 is 6.19. The number of rotatable bonds is 4. The normalized spacial score (nSPS) is 12.0. The van der Waals surface area contributed by atoms with Crippen molar-refractivity contribution < 1.29 is 5.11 Å². The van der Waals surface area contributed by atoms with Gasteiger partial charge in [-0.2, -0.15) is 0 Å². The van der Waals surface area contributed by atoms with E-state index in [0.29, 0.717) is 16.3 Å². The highest BCUT2D eigenvalue weighted by molar-refractivity contribution is 6.31. The molecule has 6 rings (SSSR count). The lowest BCUT2D eigenvalue weighted by molar-refractivity contribution is 0.457. The van der Waals surface area contributed by atoms with Crippen LogP contribution in [0.5, 0.6) is 5.88 Å². The molecule has 0 saturated heterocycles. The number of halogens is 1. The number of aromatic hydroxyl groups is 1. The highest BCUT2D eigenvalue weighted by Crippen LogP contribution is 2.33. The molecule has 2 N–H and O–H groups in total. The van der Waals surface area contributed by atoms with Gasteiger partial charge in [0.15, 0.2) is 5.88 Å². The molecule has 0 atom stereocenters. The van der Waals surface area contributed by atoms with E-state index in [-0.39, 0.29) is 5.88 Å². The molecule has 0 aliphatic rings. The molecule has 3 heterocycles. The van der Waals surface area contributed by atoms with E-state index in [1.807, 2.05) is 84.5 Å². The number of pyridine rings is 1. The van der Waals surface area contributed by atoms with Crippen molar-refractivity contribution in [2.24, 2.45) is 12.0 Å². The number of aromatic nitrogens is 4. The van der Waals surface area contributed by atoms with Gasteiger partial charge in [-0.05, 0) is 54.6 Å². The van der Waals surface area contributed by atoms with Crippen molar-refractivity contribution in [1.29, 1.82) is 0 Å². The zero-order valence-electron chi connectivity index (χ0n) is 18.8. The molecule has 3 aromatic carbocycles. The predicted octanol–water partition coefficient (Wildman–Crippen LogP) is 6.64. The zero-order valence-corrected chi connectivity index (χ0v) is 19.5. The van der Waals surface area contributed by atoms with Crippen LogP contribution in [0.25, 0.3) is 33.2 Å². The minimum absolute atomic E-state index is 0.0388. The van der Waals surface area contributed by atoms with E-state index in [9.17, 15) is 5.11 Å². The Morgan fingerprint density at radius 3 is 2.63 bits per heavy atom. The van der Waals surface area contributed by atoms with Crippen molar-refractivity contribution in [2.45, 2.75) is 0 Å². The first kappa shape index (κ1) is 21.1. The van der Waals surface area contributed by atoms with Crippen LogP contribution >= 0.6 is 11.6 Å². The van der Waals surface area contributed by atoms with Gasteiger partial charge in [-0.15, -0.1) is 0 Å². The summed E-state index contributed by atoms with van der Waals surface area (Å²) in [4.78, 5) is 16.9. The van der Waals surface area contributed by atoms with Crippen molar-refractivity contribution >= 4 is 44.8 Å². The van der Waals surface area contributed by atoms with Crippen molar-refractivity contribution in [3.8, 4) is 17.3 Å². The number of aliphatic imine (C=N–C) groups is 1. The third-order valence-corrected chi connectivity index (χ3v) is 6.28. The number of hydrogen-bond donors (Lipinski definition) is 2. The van der Waals surface area contributed by atoms with Gasteiger partial charge in [0.1, 0.15) is 5.82 Å². The maximum atomic E-state index is 10.9. The third kappa shape index (κ3) is 3.84. The number of hydrogen-bond acceptors (Lipinski definition) is 4. The summed E-state index contributed by atoms with van der Waals surface area (Å²) < 4.78 is 1.97. The Morgan fingerprint density at radius 1 is 0.971 bits per heavy atom. The predicted molar refractivity (Wildman–Crippen MR) is 141 cm³/mol. The van der Waals surface area contributed by atoms with E-state index in [1.54, 1.807) is 18.5 Å². The lowest BCUT2D eigenvalue weighted by Crippen LogP contribution is -2.03. The molecule has 0 fully saturated rings. The second-order valence-electron chi connectivity index (χ2n) is 8.32. The number of imidazole rings is 1. The van der Waals surface area contributed by atoms with E-state index in [1.165, 1.54) is 0 Å². The lowest BCUT2D eigenvalue weighted by Gasteiger charge is -2.10. The molecule has 170 valence electrons. The molecule has 0 aliphatic carbocycles. The Labute approximate surface area is 206 Å². The molecule has 0 saturated carbocycles. The second-order valence-corrected chi connectivity index (χ2v) is 8.75. The molecule has 0 bridgehead atoms.